The predicted octanol–water partition coefficient (Wildman–Crippen LogP) is 4.88. The van der Waals surface area contributed by atoms with Crippen LogP contribution in [-0.2, 0) is 0 Å². The number of rotatable bonds is 9. The zero-order valence-electron chi connectivity index (χ0n) is 12.2. The fourth-order valence-corrected chi connectivity index (χ4v) is 3.47. The van der Waals surface area contributed by atoms with Gasteiger partial charge in [-0.3, -0.25) is 0 Å². The van der Waals surface area contributed by atoms with E-state index in [2.05, 4.69) is 59.1 Å². The van der Waals surface area contributed by atoms with Gasteiger partial charge in [-0.25, -0.2) is 4.98 Å². The number of nitrogens with zero attached hydrogens (tertiary/aromatic N) is 1. The SMILES string of the molecule is CCCNC(CCC)C(CC)Sc1ccc(Br)cn1. The van der Waals surface area contributed by atoms with Crippen LogP contribution in [0.1, 0.15) is 46.5 Å². The van der Waals surface area contributed by atoms with E-state index in [1.807, 2.05) is 18.0 Å². The highest BCUT2D eigenvalue weighted by atomic mass is 79.9. The molecular formula is C15H25BrN2S. The Bertz CT molecular complexity index is 343. The summed E-state index contributed by atoms with van der Waals surface area (Å²) in [4.78, 5) is 4.48. The minimum atomic E-state index is 0.588. The smallest absolute Gasteiger partial charge is 0.0963 e. The molecule has 2 nitrogen and oxygen atoms in total. The van der Waals surface area contributed by atoms with Crippen LogP contribution in [0.4, 0.5) is 0 Å². The summed E-state index contributed by atoms with van der Waals surface area (Å²) < 4.78 is 1.04. The number of hydrogen-bond acceptors (Lipinski definition) is 3. The van der Waals surface area contributed by atoms with Gasteiger partial charge in [0.25, 0.3) is 0 Å². The van der Waals surface area contributed by atoms with Crippen molar-refractivity contribution in [3.63, 3.8) is 0 Å². The van der Waals surface area contributed by atoms with Gasteiger partial charge in [0.1, 0.15) is 0 Å². The van der Waals surface area contributed by atoms with Crippen LogP contribution in [0.5, 0.6) is 0 Å². The van der Waals surface area contributed by atoms with Gasteiger partial charge in [-0.2, -0.15) is 0 Å². The molecule has 0 radical (unpaired) electrons. The average molecular weight is 345 g/mol. The molecule has 108 valence electrons. The largest absolute Gasteiger partial charge is 0.313 e. The lowest BCUT2D eigenvalue weighted by atomic mass is 10.1. The van der Waals surface area contributed by atoms with Crippen LogP contribution in [0.25, 0.3) is 0 Å². The van der Waals surface area contributed by atoms with E-state index in [0.717, 1.165) is 16.0 Å². The Hall–Kier alpha value is -0.0600. The minimum Gasteiger partial charge on any atom is -0.313 e. The van der Waals surface area contributed by atoms with Gasteiger partial charge < -0.3 is 5.32 Å². The lowest BCUT2D eigenvalue weighted by Gasteiger charge is -2.26. The summed E-state index contributed by atoms with van der Waals surface area (Å²) in [6, 6.07) is 4.75. The fourth-order valence-electron chi connectivity index (χ4n) is 2.10. The molecule has 0 fully saturated rings. The quantitative estimate of drug-likeness (QED) is 0.646. The molecule has 2 atom stereocenters. The van der Waals surface area contributed by atoms with Gasteiger partial charge in [0.15, 0.2) is 0 Å². The van der Waals surface area contributed by atoms with Crippen molar-refractivity contribution in [1.82, 2.24) is 10.3 Å². The molecule has 1 aromatic rings. The number of pyridine rings is 1. The predicted molar refractivity (Wildman–Crippen MR) is 88.9 cm³/mol. The Labute approximate surface area is 130 Å². The topological polar surface area (TPSA) is 24.9 Å². The maximum Gasteiger partial charge on any atom is 0.0963 e. The van der Waals surface area contributed by atoms with Crippen LogP contribution >= 0.6 is 27.7 Å². The number of thioether (sulfide) groups is 1. The summed E-state index contributed by atoms with van der Waals surface area (Å²) in [5, 5.41) is 5.41. The first-order valence-corrected chi connectivity index (χ1v) is 8.90. The van der Waals surface area contributed by atoms with E-state index >= 15 is 0 Å². The summed E-state index contributed by atoms with van der Waals surface area (Å²) in [6.07, 6.45) is 6.71. The first-order chi connectivity index (χ1) is 9.21. The minimum absolute atomic E-state index is 0.588. The standard InChI is InChI=1S/C15H25BrN2S/c1-4-7-13(17-10-5-2)14(6-3)19-15-9-8-12(16)11-18-15/h8-9,11,13-14,17H,4-7,10H2,1-3H3. The van der Waals surface area contributed by atoms with Crippen LogP contribution < -0.4 is 5.32 Å². The molecule has 2 unspecified atom stereocenters. The molecule has 0 saturated heterocycles. The third-order valence-corrected chi connectivity index (χ3v) is 5.00. The maximum absolute atomic E-state index is 4.48. The van der Waals surface area contributed by atoms with Crippen molar-refractivity contribution in [1.29, 1.82) is 0 Å². The van der Waals surface area contributed by atoms with E-state index in [0.29, 0.717) is 11.3 Å². The molecule has 4 heteroatoms. The van der Waals surface area contributed by atoms with E-state index in [1.54, 1.807) is 0 Å². The molecule has 0 aliphatic heterocycles. The highest BCUT2D eigenvalue weighted by molar-refractivity contribution is 9.10. The number of hydrogen-bond donors (Lipinski definition) is 1. The molecule has 0 saturated carbocycles. The average Bonchev–Trinajstić information content (AvgIpc) is 2.43. The van der Waals surface area contributed by atoms with E-state index in [-0.39, 0.29) is 0 Å². The van der Waals surface area contributed by atoms with E-state index in [4.69, 9.17) is 0 Å². The Morgan fingerprint density at radius 1 is 1.26 bits per heavy atom. The zero-order valence-corrected chi connectivity index (χ0v) is 14.6. The Morgan fingerprint density at radius 3 is 2.58 bits per heavy atom. The Kier molecular flexibility index (Phi) is 8.75. The van der Waals surface area contributed by atoms with Crippen LogP contribution in [-0.4, -0.2) is 22.8 Å². The fraction of sp³-hybridized carbons (Fsp3) is 0.667. The molecular weight excluding hydrogens is 320 g/mol. The van der Waals surface area contributed by atoms with Crippen molar-refractivity contribution in [3.8, 4) is 0 Å². The summed E-state index contributed by atoms with van der Waals surface area (Å²) in [5.41, 5.74) is 0. The van der Waals surface area contributed by atoms with Crippen molar-refractivity contribution >= 4 is 27.7 Å². The number of halogens is 1. The first kappa shape index (κ1) is 17.0. The highest BCUT2D eigenvalue weighted by Crippen LogP contribution is 2.28. The van der Waals surface area contributed by atoms with Crippen molar-refractivity contribution < 1.29 is 0 Å². The van der Waals surface area contributed by atoms with E-state index in [1.165, 1.54) is 25.7 Å². The van der Waals surface area contributed by atoms with Crippen molar-refractivity contribution in [2.45, 2.75) is 62.8 Å². The monoisotopic (exact) mass is 344 g/mol. The van der Waals surface area contributed by atoms with Crippen molar-refractivity contribution in [2.24, 2.45) is 0 Å². The second-order valence-corrected chi connectivity index (χ2v) is 6.90. The van der Waals surface area contributed by atoms with E-state index < -0.39 is 0 Å². The third kappa shape index (κ3) is 6.28. The highest BCUT2D eigenvalue weighted by Gasteiger charge is 2.20. The van der Waals surface area contributed by atoms with Crippen molar-refractivity contribution in [3.05, 3.63) is 22.8 Å². The lowest BCUT2D eigenvalue weighted by molar-refractivity contribution is 0.454. The molecule has 0 aliphatic rings. The van der Waals surface area contributed by atoms with Gasteiger partial charge >= 0.3 is 0 Å². The van der Waals surface area contributed by atoms with Gasteiger partial charge in [0.05, 0.1) is 5.03 Å². The molecule has 1 rings (SSSR count). The molecule has 0 spiro atoms. The lowest BCUT2D eigenvalue weighted by Crippen LogP contribution is -2.38. The van der Waals surface area contributed by atoms with Crippen molar-refractivity contribution in [2.75, 3.05) is 6.54 Å². The third-order valence-electron chi connectivity index (χ3n) is 3.08. The first-order valence-electron chi connectivity index (χ1n) is 7.22. The normalized spacial score (nSPS) is 14.3. The van der Waals surface area contributed by atoms with Gasteiger partial charge in [0.2, 0.25) is 0 Å². The molecule has 0 aromatic carbocycles. The molecule has 1 N–H and O–H groups in total. The van der Waals surface area contributed by atoms with Gasteiger partial charge in [-0.1, -0.05) is 27.2 Å². The van der Waals surface area contributed by atoms with Gasteiger partial charge in [-0.15, -0.1) is 11.8 Å². The van der Waals surface area contributed by atoms with Crippen LogP contribution in [0.3, 0.4) is 0 Å². The molecule has 0 aliphatic carbocycles. The number of aromatic nitrogens is 1. The summed E-state index contributed by atoms with van der Waals surface area (Å²) >= 11 is 5.33. The van der Waals surface area contributed by atoms with Gasteiger partial charge in [0, 0.05) is 22.0 Å². The van der Waals surface area contributed by atoms with Crippen LogP contribution in [0.15, 0.2) is 27.8 Å². The van der Waals surface area contributed by atoms with Crippen LogP contribution in [0.2, 0.25) is 0 Å². The van der Waals surface area contributed by atoms with E-state index in [9.17, 15) is 0 Å². The van der Waals surface area contributed by atoms with Gasteiger partial charge in [-0.05, 0) is 53.9 Å². The summed E-state index contributed by atoms with van der Waals surface area (Å²) in [6.45, 7) is 7.86. The second kappa shape index (κ2) is 9.78. The summed E-state index contributed by atoms with van der Waals surface area (Å²) in [5.74, 6) is 0. The second-order valence-electron chi connectivity index (χ2n) is 4.73. The number of nitrogens with one attached hydrogen (secondary N) is 1. The molecule has 0 amide bonds. The Morgan fingerprint density at radius 2 is 2.05 bits per heavy atom. The molecule has 1 aromatic heterocycles. The summed E-state index contributed by atoms with van der Waals surface area (Å²) in [7, 11) is 0. The molecule has 1 heterocycles. The maximum atomic E-state index is 4.48. The molecule has 19 heavy (non-hydrogen) atoms. The molecule has 0 bridgehead atoms. The Balaban J connectivity index is 2.64. The van der Waals surface area contributed by atoms with Crippen LogP contribution in [0, 0.1) is 0 Å². The zero-order chi connectivity index (χ0) is 14.1.